The second-order valence-corrected chi connectivity index (χ2v) is 21.7. The Morgan fingerprint density at radius 1 is 0.908 bits per heavy atom. The average Bonchev–Trinajstić information content (AvgIpc) is 4.05. The average molecular weight is 968 g/mol. The lowest BCUT2D eigenvalue weighted by Gasteiger charge is -2.28. The molecule has 352 valence electrons. The number of unbranched alkanes of at least 4 members (excludes halogenated alkanes) is 6. The first-order chi connectivity index (χ1) is 31.2. The van der Waals surface area contributed by atoms with Gasteiger partial charge in [0, 0.05) is 12.2 Å². The molecular weight excluding hydrogens is 918 g/mol. The van der Waals surface area contributed by atoms with Gasteiger partial charge in [0.05, 0.1) is 25.9 Å². The van der Waals surface area contributed by atoms with Crippen LogP contribution in [-0.4, -0.2) is 106 Å². The fourth-order valence-corrected chi connectivity index (χ4v) is 11.9. The maximum atomic E-state index is 16.7. The first-order valence-corrected chi connectivity index (χ1v) is 26.0. The zero-order valence-electron chi connectivity index (χ0n) is 35.3. The van der Waals surface area contributed by atoms with Crippen LogP contribution in [0.15, 0.2) is 48.0 Å². The summed E-state index contributed by atoms with van der Waals surface area (Å²) in [7, 11) is -4.74. The highest BCUT2D eigenvalue weighted by atomic mass is 32.7. The minimum absolute atomic E-state index is 0.0208. The van der Waals surface area contributed by atoms with Crippen molar-refractivity contribution in [2.45, 2.75) is 120 Å². The van der Waals surface area contributed by atoms with Crippen LogP contribution in [0.3, 0.4) is 0 Å². The van der Waals surface area contributed by atoms with Crippen LogP contribution < -0.4 is 16.0 Å². The lowest BCUT2D eigenvalue weighted by Crippen LogP contribution is -2.36. The fraction of sp³-hybridized carbons (Fsp3) is 0.564. The van der Waals surface area contributed by atoms with Crippen molar-refractivity contribution in [3.63, 3.8) is 0 Å². The number of nitrogen functional groups attached to an aromatic ring is 1. The van der Waals surface area contributed by atoms with Crippen molar-refractivity contribution in [2.75, 3.05) is 25.3 Å². The number of benzene rings is 1. The summed E-state index contributed by atoms with van der Waals surface area (Å²) in [4.78, 5) is 59.3. The van der Waals surface area contributed by atoms with Crippen molar-refractivity contribution >= 4 is 59.9 Å². The van der Waals surface area contributed by atoms with Gasteiger partial charge in [0.2, 0.25) is 0 Å². The summed E-state index contributed by atoms with van der Waals surface area (Å²) in [5.41, 5.74) is 6.08. The van der Waals surface area contributed by atoms with Crippen LogP contribution >= 0.6 is 25.8 Å². The number of ether oxygens (including phenoxy) is 4. The molecule has 4 aromatic heterocycles. The Morgan fingerprint density at radius 2 is 1.60 bits per heavy atom. The third kappa shape index (κ3) is 10.8. The number of carbonyl (C=O) groups excluding carboxylic acids is 1. The van der Waals surface area contributed by atoms with E-state index in [0.717, 1.165) is 32.0 Å². The number of esters is 1. The van der Waals surface area contributed by atoms with Crippen LogP contribution in [0.2, 0.25) is 0 Å². The number of imidazole rings is 2. The van der Waals surface area contributed by atoms with E-state index in [2.05, 4.69) is 36.8 Å². The van der Waals surface area contributed by atoms with E-state index >= 15 is 13.3 Å². The molecule has 3 fully saturated rings. The third-order valence-corrected chi connectivity index (χ3v) is 15.7. The Labute approximate surface area is 374 Å². The summed E-state index contributed by atoms with van der Waals surface area (Å²) in [6, 6.07) is 6.47. The van der Waals surface area contributed by atoms with Crippen LogP contribution in [0.1, 0.15) is 82.1 Å². The van der Waals surface area contributed by atoms with E-state index in [9.17, 15) is 19.0 Å². The molecular formula is C39H49F2N9O12P2S. The normalized spacial score (nSPS) is 29.8. The molecule has 21 nitrogen and oxygen atoms in total. The molecule has 4 N–H and O–H groups in total. The Bertz CT molecular complexity index is 2630. The molecule has 0 saturated carbocycles. The summed E-state index contributed by atoms with van der Waals surface area (Å²) >= 11 is 0.671. The highest BCUT2D eigenvalue weighted by Gasteiger charge is 2.54. The molecule has 26 heteroatoms. The van der Waals surface area contributed by atoms with Gasteiger partial charge in [-0.25, -0.2) is 38.3 Å². The van der Waals surface area contributed by atoms with E-state index in [1.165, 1.54) is 48.0 Å². The van der Waals surface area contributed by atoms with Crippen LogP contribution in [0.5, 0.6) is 5.75 Å². The standard InChI is InChI=1S/C39H49F2N9O12P2S/c1-3-4-5-6-7-8-9-10-27(51)59-24-13-11-23(12-14-24)17-65-64(55)58-16-26-32(29(41)38(61-26)49-19-45-30-34(42)43-18-44-35(30)49)56-21-63(53,54)57-15-25-28(40)33(62-64)39(60-25)50-20-46-31-36(50)47-22(2)48-37(31)52/h11-14,18-20,25-26,28-29,32-33,38-39H,3-10,15-17,21H2,1-2H3,(H,53,54)(H2,42,43,44)(H,47,48,52)/t25-,26-,28-,29-,32-,33-,38-,39-,64?/m1/s1. The first kappa shape index (κ1) is 47.3. The molecule has 3 aliphatic heterocycles. The highest BCUT2D eigenvalue weighted by molar-refractivity contribution is 8.54. The van der Waals surface area contributed by atoms with E-state index < -0.39 is 88.7 Å². The summed E-state index contributed by atoms with van der Waals surface area (Å²) in [6.07, 6.45) is -3.56. The summed E-state index contributed by atoms with van der Waals surface area (Å²) in [5, 5.41) is 0. The number of nitrogens with one attached hydrogen (secondary N) is 1. The number of rotatable bonds is 14. The van der Waals surface area contributed by atoms with Crippen molar-refractivity contribution in [1.29, 1.82) is 0 Å². The van der Waals surface area contributed by atoms with Crippen molar-refractivity contribution in [3.05, 3.63) is 65.0 Å². The second kappa shape index (κ2) is 20.3. The zero-order chi connectivity index (χ0) is 45.9. The van der Waals surface area contributed by atoms with Gasteiger partial charge in [-0.3, -0.25) is 32.3 Å². The highest BCUT2D eigenvalue weighted by Crippen LogP contribution is 2.65. The molecule has 0 spiro atoms. The number of hydrogen-bond donors (Lipinski definition) is 3. The third-order valence-electron chi connectivity index (χ3n) is 11.1. The number of fused-ring (bicyclic) bond motifs is 5. The number of H-pyrrole nitrogens is 1. The molecule has 3 aliphatic rings. The maximum Gasteiger partial charge on any atom is 0.390 e. The van der Waals surface area contributed by atoms with Gasteiger partial charge < -0.3 is 39.1 Å². The van der Waals surface area contributed by atoms with Gasteiger partial charge in [0.1, 0.15) is 54.2 Å². The Balaban J connectivity index is 1.05. The SMILES string of the molecule is CCCCCCCCCC(=O)Oc1ccc(CSP2(=O)OC[C@H]3O[C@@H](n4cnc5c(N)ncnc54)[C@H](F)[C@@H]3OCP(=O)(O)OC[C@H]3O[C@@H](n4cnc5c(=O)[nH]c(C)nc54)[C@H](O2)[C@@H]3F)cc1. The molecule has 0 amide bonds. The predicted molar refractivity (Wildman–Crippen MR) is 230 cm³/mol. The molecule has 3 saturated heterocycles. The van der Waals surface area contributed by atoms with Gasteiger partial charge in [-0.1, -0.05) is 57.6 Å². The van der Waals surface area contributed by atoms with E-state index in [1.807, 2.05) is 0 Å². The first-order valence-electron chi connectivity index (χ1n) is 21.1. The fourth-order valence-electron chi connectivity index (χ4n) is 7.73. The van der Waals surface area contributed by atoms with Crippen LogP contribution in [0.4, 0.5) is 14.6 Å². The monoisotopic (exact) mass is 967 g/mol. The lowest BCUT2D eigenvalue weighted by molar-refractivity contribution is -0.134. The molecule has 2 unspecified atom stereocenters. The molecule has 10 atom stereocenters. The maximum absolute atomic E-state index is 16.7. The minimum Gasteiger partial charge on any atom is -0.427 e. The smallest absolute Gasteiger partial charge is 0.390 e. The zero-order valence-corrected chi connectivity index (χ0v) is 38.0. The summed E-state index contributed by atoms with van der Waals surface area (Å²) in [5.74, 6) is 0.118. The van der Waals surface area contributed by atoms with Crippen LogP contribution in [-0.2, 0) is 47.5 Å². The van der Waals surface area contributed by atoms with E-state index in [-0.39, 0.29) is 52.1 Å². The van der Waals surface area contributed by atoms with E-state index in [0.29, 0.717) is 22.7 Å². The molecule has 2 bridgehead atoms. The number of halogens is 2. The molecule has 0 radical (unpaired) electrons. The van der Waals surface area contributed by atoms with E-state index in [4.69, 9.17) is 38.3 Å². The Hall–Kier alpha value is -4.22. The van der Waals surface area contributed by atoms with Crippen molar-refractivity contribution in [1.82, 2.24) is 39.0 Å². The van der Waals surface area contributed by atoms with Gasteiger partial charge in [0.15, 0.2) is 47.4 Å². The largest absolute Gasteiger partial charge is 0.427 e. The van der Waals surface area contributed by atoms with Gasteiger partial charge in [0.25, 0.3) is 5.56 Å². The van der Waals surface area contributed by atoms with Gasteiger partial charge in [-0.05, 0) is 42.4 Å². The topological polar surface area (TPSA) is 269 Å². The van der Waals surface area contributed by atoms with E-state index in [1.54, 1.807) is 24.3 Å². The number of aryl methyl sites for hydroxylation is 1. The second-order valence-electron chi connectivity index (χ2n) is 15.8. The lowest BCUT2D eigenvalue weighted by atomic mass is 10.1. The molecule has 65 heavy (non-hydrogen) atoms. The number of nitrogens with two attached hydrogens (primary N) is 1. The number of aromatic nitrogens is 8. The van der Waals surface area contributed by atoms with Gasteiger partial charge in [-0.15, -0.1) is 0 Å². The Morgan fingerprint density at radius 3 is 2.37 bits per heavy atom. The summed E-state index contributed by atoms with van der Waals surface area (Å²) in [6.45, 7) is -2.47. The molecule has 8 rings (SSSR count). The number of aromatic amines is 1. The number of alkyl halides is 2. The van der Waals surface area contributed by atoms with Gasteiger partial charge >= 0.3 is 20.4 Å². The molecule has 7 heterocycles. The quantitative estimate of drug-likeness (QED) is 0.0472. The number of anilines is 1. The number of hydrogen-bond acceptors (Lipinski definition) is 18. The van der Waals surface area contributed by atoms with Crippen molar-refractivity contribution < 1.29 is 60.1 Å². The van der Waals surface area contributed by atoms with Crippen molar-refractivity contribution in [3.8, 4) is 5.75 Å². The van der Waals surface area contributed by atoms with Gasteiger partial charge in [-0.2, -0.15) is 0 Å². The molecule has 0 aliphatic carbocycles. The number of nitrogens with zero attached hydrogens (tertiary/aromatic N) is 7. The number of carbonyl (C=O) groups is 1. The minimum atomic E-state index is -4.74. The predicted octanol–water partition coefficient (Wildman–Crippen LogP) is 6.37. The van der Waals surface area contributed by atoms with Crippen molar-refractivity contribution in [2.24, 2.45) is 0 Å². The summed E-state index contributed by atoms with van der Waals surface area (Å²) < 4.78 is 105. The molecule has 5 aromatic rings. The molecule has 1 aromatic carbocycles. The Kier molecular flexibility index (Phi) is 14.8. The van der Waals surface area contributed by atoms with Crippen LogP contribution in [0, 0.1) is 6.92 Å². The van der Waals surface area contributed by atoms with Crippen LogP contribution in [0.25, 0.3) is 22.3 Å².